The monoisotopic (exact) mass is 584 g/mol. The van der Waals surface area contributed by atoms with E-state index in [0.29, 0.717) is 34.7 Å². The maximum atomic E-state index is 13.2. The van der Waals surface area contributed by atoms with Crippen molar-refractivity contribution in [3.05, 3.63) is 46.8 Å². The van der Waals surface area contributed by atoms with E-state index in [0.717, 1.165) is 76.8 Å². The molecule has 0 unspecified atom stereocenters. The number of carbonyl (C=O) groups excluding carboxylic acids is 2. The molecule has 0 radical (unpaired) electrons. The molecule has 0 saturated carbocycles. The molecule has 214 valence electrons. The van der Waals surface area contributed by atoms with Gasteiger partial charge in [-0.25, -0.2) is 0 Å². The minimum atomic E-state index is -0.0872. The Kier molecular flexibility index (Phi) is 9.24. The molecule has 2 amide bonds. The Bertz CT molecular complexity index is 1110. The van der Waals surface area contributed by atoms with Crippen LogP contribution in [-0.4, -0.2) is 144 Å². The van der Waals surface area contributed by atoms with Crippen molar-refractivity contribution in [2.45, 2.75) is 0 Å². The van der Waals surface area contributed by atoms with E-state index in [-0.39, 0.29) is 11.8 Å². The zero-order chi connectivity index (χ0) is 28.2. The van der Waals surface area contributed by atoms with E-state index in [1.54, 1.807) is 19.6 Å². The number of carbonyl (C=O) groups is 2. The zero-order valence-electron chi connectivity index (χ0n) is 23.1. The topological polar surface area (TPSA) is 72.0 Å². The number of likely N-dealkylation sites (N-methyl/N-ethyl adjacent to an activating group) is 2. The highest BCUT2D eigenvalue weighted by molar-refractivity contribution is 7.80. The van der Waals surface area contributed by atoms with Gasteiger partial charge < -0.3 is 19.3 Å². The second kappa shape index (κ2) is 12.8. The summed E-state index contributed by atoms with van der Waals surface area (Å²) in [4.78, 5) is 37.8. The quantitative estimate of drug-likeness (QED) is 0.328. The van der Waals surface area contributed by atoms with Gasteiger partial charge in [-0.15, -0.1) is 0 Å². The first-order valence-electron chi connectivity index (χ1n) is 13.7. The SMILES string of the molecule is CN1C(=S)N(CCN2CCOCC2)C(=O)C1=Cc1ccc(C=C2C(=O)N(CCN3CCOCC3)C(=S)N2C)cc1. The average Bonchev–Trinajstić information content (AvgIpc) is 3.30. The fourth-order valence-corrected chi connectivity index (χ4v) is 5.70. The number of hydrogen-bond donors (Lipinski definition) is 0. The number of rotatable bonds is 8. The second-order valence-electron chi connectivity index (χ2n) is 10.2. The van der Waals surface area contributed by atoms with Gasteiger partial charge in [-0.05, 0) is 47.7 Å². The van der Waals surface area contributed by atoms with Crippen LogP contribution in [0.2, 0.25) is 0 Å². The van der Waals surface area contributed by atoms with Crippen LogP contribution in [-0.2, 0) is 19.1 Å². The fourth-order valence-electron chi connectivity index (χ4n) is 5.15. The highest BCUT2D eigenvalue weighted by Gasteiger charge is 2.37. The molecule has 0 atom stereocenters. The van der Waals surface area contributed by atoms with Crippen LogP contribution < -0.4 is 0 Å². The molecule has 4 heterocycles. The van der Waals surface area contributed by atoms with Crippen LogP contribution in [0.3, 0.4) is 0 Å². The summed E-state index contributed by atoms with van der Waals surface area (Å²) in [5.41, 5.74) is 2.85. The van der Waals surface area contributed by atoms with Crippen LogP contribution in [0.5, 0.6) is 0 Å². The van der Waals surface area contributed by atoms with Crippen molar-refractivity contribution in [3.63, 3.8) is 0 Å². The van der Waals surface area contributed by atoms with Crippen molar-refractivity contribution in [2.24, 2.45) is 0 Å². The van der Waals surface area contributed by atoms with Gasteiger partial charge in [0, 0.05) is 66.5 Å². The van der Waals surface area contributed by atoms with Crippen molar-refractivity contribution in [3.8, 4) is 0 Å². The average molecular weight is 585 g/mol. The van der Waals surface area contributed by atoms with E-state index in [1.165, 1.54) is 0 Å². The third kappa shape index (κ3) is 6.27. The van der Waals surface area contributed by atoms with Gasteiger partial charge in [0.2, 0.25) is 0 Å². The molecule has 0 spiro atoms. The van der Waals surface area contributed by atoms with Gasteiger partial charge in [-0.3, -0.25) is 29.2 Å². The Balaban J connectivity index is 1.22. The highest BCUT2D eigenvalue weighted by atomic mass is 32.1. The molecule has 40 heavy (non-hydrogen) atoms. The molecule has 4 saturated heterocycles. The smallest absolute Gasteiger partial charge is 0.276 e. The molecule has 1 aromatic carbocycles. The van der Waals surface area contributed by atoms with E-state index in [2.05, 4.69) is 9.80 Å². The lowest BCUT2D eigenvalue weighted by Crippen LogP contribution is -2.43. The maximum absolute atomic E-state index is 13.2. The Labute approximate surface area is 246 Å². The summed E-state index contributed by atoms with van der Waals surface area (Å²) in [6, 6.07) is 7.75. The summed E-state index contributed by atoms with van der Waals surface area (Å²) in [7, 11) is 3.66. The molecule has 0 aromatic heterocycles. The lowest BCUT2D eigenvalue weighted by atomic mass is 10.1. The molecule has 4 fully saturated rings. The first kappa shape index (κ1) is 28.8. The first-order valence-corrected chi connectivity index (χ1v) is 14.5. The van der Waals surface area contributed by atoms with Gasteiger partial charge in [0.25, 0.3) is 11.8 Å². The van der Waals surface area contributed by atoms with E-state index in [4.69, 9.17) is 33.9 Å². The number of amides is 2. The summed E-state index contributed by atoms with van der Waals surface area (Å²) >= 11 is 11.2. The van der Waals surface area contributed by atoms with Crippen molar-refractivity contribution in [1.29, 1.82) is 0 Å². The third-order valence-corrected chi connectivity index (χ3v) is 8.71. The molecule has 4 aliphatic heterocycles. The highest BCUT2D eigenvalue weighted by Crippen LogP contribution is 2.25. The number of thiocarbonyl (C=S) groups is 2. The van der Waals surface area contributed by atoms with Crippen molar-refractivity contribution in [2.75, 3.05) is 92.9 Å². The van der Waals surface area contributed by atoms with Crippen molar-refractivity contribution >= 4 is 58.6 Å². The Morgan fingerprint density at radius 1 is 0.650 bits per heavy atom. The first-order chi connectivity index (χ1) is 19.3. The predicted octanol–water partition coefficient (Wildman–Crippen LogP) is 1.15. The normalized spacial score (nSPS) is 23.6. The van der Waals surface area contributed by atoms with Gasteiger partial charge >= 0.3 is 0 Å². The Morgan fingerprint density at radius 2 is 1.00 bits per heavy atom. The van der Waals surface area contributed by atoms with Gasteiger partial charge in [-0.2, -0.15) is 0 Å². The molecule has 4 aliphatic rings. The molecule has 0 aliphatic carbocycles. The summed E-state index contributed by atoms with van der Waals surface area (Å²) < 4.78 is 10.8. The van der Waals surface area contributed by atoms with Crippen LogP contribution in [0, 0.1) is 0 Å². The standard InChI is InChI=1S/C28H36N6O4S2/c1-29-23(25(35)33(27(29)39)9-7-31-11-15-37-16-12-31)19-21-3-5-22(6-4-21)20-24-26(36)34(28(40)30(24)2)10-8-32-13-17-38-18-14-32/h3-6,19-20H,7-18H2,1-2H3. The second-order valence-corrected chi connectivity index (χ2v) is 11.0. The van der Waals surface area contributed by atoms with Crippen LogP contribution in [0.15, 0.2) is 35.7 Å². The van der Waals surface area contributed by atoms with Crippen molar-refractivity contribution < 1.29 is 19.1 Å². The minimum absolute atomic E-state index is 0.0872. The van der Waals surface area contributed by atoms with E-state index >= 15 is 0 Å². The number of morpholine rings is 2. The Morgan fingerprint density at radius 3 is 1.35 bits per heavy atom. The molecular formula is C28H36N6O4S2. The molecule has 12 heteroatoms. The van der Waals surface area contributed by atoms with E-state index in [1.807, 2.05) is 50.5 Å². The van der Waals surface area contributed by atoms with Crippen molar-refractivity contribution in [1.82, 2.24) is 29.4 Å². The lowest BCUT2D eigenvalue weighted by Gasteiger charge is -2.28. The van der Waals surface area contributed by atoms with Crippen LogP contribution in [0.25, 0.3) is 12.2 Å². The Hall–Kier alpha value is -2.74. The van der Waals surface area contributed by atoms with Gasteiger partial charge in [0.1, 0.15) is 11.4 Å². The van der Waals surface area contributed by atoms with E-state index < -0.39 is 0 Å². The number of hydrogen-bond acceptors (Lipinski definition) is 8. The molecule has 0 bridgehead atoms. The maximum Gasteiger partial charge on any atom is 0.276 e. The van der Waals surface area contributed by atoms with E-state index in [9.17, 15) is 9.59 Å². The third-order valence-electron chi connectivity index (χ3n) is 7.72. The summed E-state index contributed by atoms with van der Waals surface area (Å²) in [6.45, 7) is 9.01. The zero-order valence-corrected chi connectivity index (χ0v) is 24.7. The van der Waals surface area contributed by atoms with Crippen LogP contribution >= 0.6 is 24.4 Å². The molecular weight excluding hydrogens is 548 g/mol. The molecule has 0 N–H and O–H groups in total. The molecule has 1 aromatic rings. The van der Waals surface area contributed by atoms with Crippen LogP contribution in [0.4, 0.5) is 0 Å². The fraction of sp³-hybridized carbons (Fsp3) is 0.500. The number of benzene rings is 1. The number of nitrogens with zero attached hydrogens (tertiary/aromatic N) is 6. The molecule has 10 nitrogen and oxygen atoms in total. The van der Waals surface area contributed by atoms with Crippen LogP contribution in [0.1, 0.15) is 11.1 Å². The lowest BCUT2D eigenvalue weighted by molar-refractivity contribution is -0.123. The summed E-state index contributed by atoms with van der Waals surface area (Å²) in [5.74, 6) is -0.174. The van der Waals surface area contributed by atoms with Gasteiger partial charge in [0.05, 0.1) is 26.4 Å². The number of ether oxygens (including phenoxy) is 2. The van der Waals surface area contributed by atoms with Gasteiger partial charge in [0.15, 0.2) is 10.2 Å². The minimum Gasteiger partial charge on any atom is -0.379 e. The van der Waals surface area contributed by atoms with Gasteiger partial charge in [-0.1, -0.05) is 24.3 Å². The summed E-state index contributed by atoms with van der Waals surface area (Å²) in [6.07, 6.45) is 3.71. The summed E-state index contributed by atoms with van der Waals surface area (Å²) in [5, 5.41) is 1.03. The molecule has 5 rings (SSSR count). The largest absolute Gasteiger partial charge is 0.379 e. The predicted molar refractivity (Wildman–Crippen MR) is 161 cm³/mol.